The predicted octanol–water partition coefficient (Wildman–Crippen LogP) is 5.00. The van der Waals surface area contributed by atoms with E-state index in [0.29, 0.717) is 6.04 Å². The summed E-state index contributed by atoms with van der Waals surface area (Å²) in [7, 11) is 4.27. The number of benzene rings is 2. The second kappa shape index (κ2) is 6.03. The highest BCUT2D eigenvalue weighted by atomic mass is 79.9. The van der Waals surface area contributed by atoms with Gasteiger partial charge in [0.25, 0.3) is 0 Å². The topological polar surface area (TPSA) is 6.48 Å². The highest BCUT2D eigenvalue weighted by Crippen LogP contribution is 2.48. The molecule has 2 aromatic rings. The Kier molecular flexibility index (Phi) is 4.29. The van der Waals surface area contributed by atoms with E-state index < -0.39 is 0 Å². The van der Waals surface area contributed by atoms with Crippen molar-refractivity contribution in [2.45, 2.75) is 22.8 Å². The van der Waals surface area contributed by atoms with Crippen molar-refractivity contribution in [3.8, 4) is 0 Å². The van der Waals surface area contributed by atoms with Crippen LogP contribution in [-0.4, -0.2) is 31.6 Å². The maximum Gasteiger partial charge on any atom is 0.0564 e. The molecule has 2 aromatic carbocycles. The average Bonchev–Trinajstić information content (AvgIpc) is 2.47. The van der Waals surface area contributed by atoms with Crippen LogP contribution in [0.1, 0.15) is 6.92 Å². The molecular weight excluding hydrogens is 344 g/mol. The van der Waals surface area contributed by atoms with Crippen molar-refractivity contribution in [2.75, 3.05) is 25.5 Å². The highest BCUT2D eigenvalue weighted by Gasteiger charge is 2.24. The molecule has 1 unspecified atom stereocenters. The second-order valence-corrected chi connectivity index (χ2v) is 7.60. The normalized spacial score (nSPS) is 14.8. The van der Waals surface area contributed by atoms with Gasteiger partial charge >= 0.3 is 0 Å². The number of fused-ring (bicyclic) bond motifs is 2. The van der Waals surface area contributed by atoms with Crippen LogP contribution in [0.3, 0.4) is 0 Å². The van der Waals surface area contributed by atoms with Crippen molar-refractivity contribution >= 4 is 39.1 Å². The van der Waals surface area contributed by atoms with Crippen molar-refractivity contribution in [2.24, 2.45) is 0 Å². The summed E-state index contributed by atoms with van der Waals surface area (Å²) in [6, 6.07) is 15.7. The Bertz CT molecular complexity index is 657. The SMILES string of the molecule is CC(CN1c2ccccc2Sc2ccc(Br)cc21)N(C)C. The maximum absolute atomic E-state index is 3.61. The first-order valence-electron chi connectivity index (χ1n) is 7.06. The van der Waals surface area contributed by atoms with Gasteiger partial charge in [-0.25, -0.2) is 0 Å². The van der Waals surface area contributed by atoms with Gasteiger partial charge in [0.05, 0.1) is 11.4 Å². The smallest absolute Gasteiger partial charge is 0.0564 e. The largest absolute Gasteiger partial charge is 0.338 e. The zero-order valence-electron chi connectivity index (χ0n) is 12.5. The first-order chi connectivity index (χ1) is 10.1. The summed E-state index contributed by atoms with van der Waals surface area (Å²) in [5.41, 5.74) is 2.60. The average molecular weight is 363 g/mol. The minimum Gasteiger partial charge on any atom is -0.338 e. The zero-order valence-corrected chi connectivity index (χ0v) is 14.9. The molecule has 0 radical (unpaired) electrons. The van der Waals surface area contributed by atoms with Gasteiger partial charge in [0.2, 0.25) is 0 Å². The van der Waals surface area contributed by atoms with Crippen LogP contribution in [0.4, 0.5) is 11.4 Å². The Morgan fingerprint density at radius 2 is 1.81 bits per heavy atom. The van der Waals surface area contributed by atoms with Gasteiger partial charge < -0.3 is 9.80 Å². The Morgan fingerprint density at radius 1 is 1.10 bits per heavy atom. The van der Waals surface area contributed by atoms with E-state index in [1.54, 1.807) is 0 Å². The zero-order chi connectivity index (χ0) is 15.0. The van der Waals surface area contributed by atoms with Crippen LogP contribution in [0, 0.1) is 0 Å². The minimum absolute atomic E-state index is 0.480. The Hall–Kier alpha value is -0.970. The van der Waals surface area contributed by atoms with Crippen LogP contribution in [0.15, 0.2) is 56.7 Å². The fourth-order valence-electron chi connectivity index (χ4n) is 2.43. The lowest BCUT2D eigenvalue weighted by Gasteiger charge is -2.36. The van der Waals surface area contributed by atoms with Gasteiger partial charge in [0.15, 0.2) is 0 Å². The second-order valence-electron chi connectivity index (χ2n) is 5.61. The molecule has 0 fully saturated rings. The van der Waals surface area contributed by atoms with Gasteiger partial charge in [-0.3, -0.25) is 0 Å². The maximum atomic E-state index is 3.61. The highest BCUT2D eigenvalue weighted by molar-refractivity contribution is 9.10. The fraction of sp³-hybridized carbons (Fsp3) is 0.294. The Balaban J connectivity index is 2.06. The molecule has 21 heavy (non-hydrogen) atoms. The van der Waals surface area contributed by atoms with Crippen LogP contribution in [0.25, 0.3) is 0 Å². The monoisotopic (exact) mass is 362 g/mol. The molecule has 0 aliphatic carbocycles. The minimum atomic E-state index is 0.480. The van der Waals surface area contributed by atoms with E-state index in [9.17, 15) is 0 Å². The van der Waals surface area contributed by atoms with Gasteiger partial charge in [-0.05, 0) is 51.4 Å². The van der Waals surface area contributed by atoms with Gasteiger partial charge in [0, 0.05) is 26.9 Å². The van der Waals surface area contributed by atoms with Crippen LogP contribution in [0.5, 0.6) is 0 Å². The van der Waals surface area contributed by atoms with Crippen LogP contribution < -0.4 is 4.90 Å². The van der Waals surface area contributed by atoms with Crippen molar-refractivity contribution < 1.29 is 0 Å². The standard InChI is InChI=1S/C17H19BrN2S/c1-12(19(2)3)11-20-14-6-4-5-7-16(14)21-17-9-8-13(18)10-15(17)20/h4-10,12H,11H2,1-3H3. The van der Waals surface area contributed by atoms with Gasteiger partial charge in [-0.2, -0.15) is 0 Å². The van der Waals surface area contributed by atoms with Gasteiger partial charge in [-0.15, -0.1) is 0 Å². The van der Waals surface area contributed by atoms with E-state index in [0.717, 1.165) is 11.0 Å². The number of anilines is 2. The number of rotatable bonds is 3. The molecule has 0 bridgehead atoms. The molecular formula is C17H19BrN2S. The van der Waals surface area contributed by atoms with E-state index in [4.69, 9.17) is 0 Å². The summed E-state index contributed by atoms with van der Waals surface area (Å²) in [6.07, 6.45) is 0. The summed E-state index contributed by atoms with van der Waals surface area (Å²) in [5.74, 6) is 0. The molecule has 0 saturated carbocycles. The van der Waals surface area contributed by atoms with Crippen LogP contribution in [0.2, 0.25) is 0 Å². The Labute approximate surface area is 139 Å². The number of halogens is 1. The first kappa shape index (κ1) is 14.9. The number of likely N-dealkylation sites (N-methyl/N-ethyl adjacent to an activating group) is 1. The van der Waals surface area contributed by atoms with Crippen molar-refractivity contribution in [1.82, 2.24) is 4.90 Å². The first-order valence-corrected chi connectivity index (χ1v) is 8.67. The molecule has 0 amide bonds. The molecule has 110 valence electrons. The summed E-state index contributed by atoms with van der Waals surface area (Å²) >= 11 is 5.46. The molecule has 1 heterocycles. The van der Waals surface area contributed by atoms with E-state index in [1.807, 2.05) is 11.8 Å². The van der Waals surface area contributed by atoms with E-state index in [1.165, 1.54) is 21.2 Å². The summed E-state index contributed by atoms with van der Waals surface area (Å²) in [4.78, 5) is 7.36. The molecule has 1 aliphatic rings. The molecule has 0 aromatic heterocycles. The third kappa shape index (κ3) is 2.98. The van der Waals surface area contributed by atoms with Gasteiger partial charge in [-0.1, -0.05) is 39.8 Å². The lowest BCUT2D eigenvalue weighted by Crippen LogP contribution is -2.37. The molecule has 0 N–H and O–H groups in total. The fourth-order valence-corrected chi connectivity index (χ4v) is 3.85. The van der Waals surface area contributed by atoms with E-state index in [2.05, 4.69) is 89.2 Å². The number of nitrogens with zero attached hydrogens (tertiary/aromatic N) is 2. The van der Waals surface area contributed by atoms with Crippen LogP contribution >= 0.6 is 27.7 Å². The summed E-state index contributed by atoms with van der Waals surface area (Å²) < 4.78 is 1.13. The van der Waals surface area contributed by atoms with E-state index in [-0.39, 0.29) is 0 Å². The molecule has 3 rings (SSSR count). The number of para-hydroxylation sites is 1. The van der Waals surface area contributed by atoms with Crippen LogP contribution in [-0.2, 0) is 0 Å². The molecule has 0 spiro atoms. The third-order valence-electron chi connectivity index (χ3n) is 3.92. The molecule has 1 aliphatic heterocycles. The molecule has 2 nitrogen and oxygen atoms in total. The third-order valence-corrected chi connectivity index (χ3v) is 5.54. The number of hydrogen-bond acceptors (Lipinski definition) is 3. The van der Waals surface area contributed by atoms with Crippen molar-refractivity contribution in [3.05, 3.63) is 46.9 Å². The predicted molar refractivity (Wildman–Crippen MR) is 94.9 cm³/mol. The lowest BCUT2D eigenvalue weighted by molar-refractivity contribution is 0.319. The summed E-state index contributed by atoms with van der Waals surface area (Å²) in [6.45, 7) is 3.25. The molecule has 1 atom stereocenters. The quantitative estimate of drug-likeness (QED) is 0.758. The number of hydrogen-bond donors (Lipinski definition) is 0. The molecule has 0 saturated heterocycles. The van der Waals surface area contributed by atoms with Crippen molar-refractivity contribution in [3.63, 3.8) is 0 Å². The molecule has 4 heteroatoms. The summed E-state index contributed by atoms with van der Waals surface area (Å²) in [5, 5.41) is 0. The Morgan fingerprint density at radius 3 is 2.57 bits per heavy atom. The van der Waals surface area contributed by atoms with E-state index >= 15 is 0 Å². The lowest BCUT2D eigenvalue weighted by atomic mass is 10.2. The van der Waals surface area contributed by atoms with Gasteiger partial charge in [0.1, 0.15) is 0 Å². The van der Waals surface area contributed by atoms with Crippen molar-refractivity contribution in [1.29, 1.82) is 0 Å².